The summed E-state index contributed by atoms with van der Waals surface area (Å²) in [7, 11) is 0. The van der Waals surface area contributed by atoms with Crippen LogP contribution in [0.5, 0.6) is 5.75 Å². The monoisotopic (exact) mass is 381 g/mol. The molecule has 25 heavy (non-hydrogen) atoms. The van der Waals surface area contributed by atoms with Crippen LogP contribution < -0.4 is 10.5 Å². The highest BCUT2D eigenvalue weighted by atomic mass is 35.5. The summed E-state index contributed by atoms with van der Waals surface area (Å²) in [4.78, 5) is 24.7. The largest absolute Gasteiger partial charge is 0.494 e. The van der Waals surface area contributed by atoms with Gasteiger partial charge < -0.3 is 15.2 Å². The van der Waals surface area contributed by atoms with Crippen molar-refractivity contribution in [2.75, 3.05) is 12.3 Å². The first-order valence-electron chi connectivity index (χ1n) is 7.56. The molecule has 0 spiro atoms. The number of rotatable bonds is 6. The molecule has 0 aliphatic carbocycles. The molecule has 2 N–H and O–H groups in total. The van der Waals surface area contributed by atoms with E-state index in [1.165, 1.54) is 19.1 Å². The zero-order chi connectivity index (χ0) is 18.6. The van der Waals surface area contributed by atoms with Crippen LogP contribution >= 0.6 is 23.2 Å². The molecular weight excluding hydrogens is 365 g/mol. The Balaban J connectivity index is 2.11. The number of halogens is 2. The van der Waals surface area contributed by atoms with Gasteiger partial charge in [-0.05, 0) is 50.2 Å². The first-order valence-corrected chi connectivity index (χ1v) is 8.31. The zero-order valence-corrected chi connectivity index (χ0v) is 15.2. The van der Waals surface area contributed by atoms with Crippen LogP contribution in [0.4, 0.5) is 5.69 Å². The summed E-state index contributed by atoms with van der Waals surface area (Å²) in [6, 6.07) is 9.35. The van der Waals surface area contributed by atoms with E-state index in [1.807, 2.05) is 6.92 Å². The predicted molar refractivity (Wildman–Crippen MR) is 97.7 cm³/mol. The summed E-state index contributed by atoms with van der Waals surface area (Å²) < 4.78 is 10.5. The van der Waals surface area contributed by atoms with E-state index in [1.54, 1.807) is 24.3 Å². The number of esters is 1. The smallest absolute Gasteiger partial charge is 0.341 e. The van der Waals surface area contributed by atoms with Gasteiger partial charge in [-0.25, -0.2) is 4.79 Å². The number of carbonyl (C=O) groups excluding carboxylic acids is 2. The third kappa shape index (κ3) is 4.65. The average Bonchev–Trinajstić information content (AvgIpc) is 2.58. The topological polar surface area (TPSA) is 78.6 Å². The van der Waals surface area contributed by atoms with Crippen molar-refractivity contribution >= 4 is 40.6 Å². The lowest BCUT2D eigenvalue weighted by atomic mass is 10.1. The van der Waals surface area contributed by atoms with E-state index < -0.39 is 12.1 Å². The Labute approximate surface area is 155 Å². The molecule has 5 nitrogen and oxygen atoms in total. The van der Waals surface area contributed by atoms with Crippen molar-refractivity contribution in [3.8, 4) is 5.75 Å². The van der Waals surface area contributed by atoms with Gasteiger partial charge in [0, 0.05) is 10.6 Å². The van der Waals surface area contributed by atoms with E-state index in [9.17, 15) is 9.59 Å². The van der Waals surface area contributed by atoms with Gasteiger partial charge in [-0.1, -0.05) is 23.2 Å². The minimum Gasteiger partial charge on any atom is -0.494 e. The van der Waals surface area contributed by atoms with Crippen molar-refractivity contribution in [1.29, 1.82) is 0 Å². The molecule has 2 aromatic carbocycles. The Morgan fingerprint density at radius 2 is 1.80 bits per heavy atom. The minimum absolute atomic E-state index is 0.0174. The number of ether oxygens (including phenoxy) is 2. The molecular formula is C18H17Cl2NO4. The lowest BCUT2D eigenvalue weighted by Gasteiger charge is -2.14. The summed E-state index contributed by atoms with van der Waals surface area (Å²) in [5.74, 6) is -0.457. The molecule has 0 saturated heterocycles. The molecule has 0 aromatic heterocycles. The van der Waals surface area contributed by atoms with Crippen molar-refractivity contribution in [2.45, 2.75) is 20.0 Å². The molecule has 0 aliphatic rings. The SMILES string of the molecule is CCOc1ccc(C(=O)[C@H](C)OC(=O)c2cc(Cl)cc(Cl)c2N)cc1. The van der Waals surface area contributed by atoms with Crippen LogP contribution in [0, 0.1) is 0 Å². The Kier molecular flexibility index (Phi) is 6.28. The van der Waals surface area contributed by atoms with E-state index in [4.69, 9.17) is 38.4 Å². The van der Waals surface area contributed by atoms with Crippen molar-refractivity contribution in [3.05, 3.63) is 57.6 Å². The van der Waals surface area contributed by atoms with Crippen molar-refractivity contribution in [2.24, 2.45) is 0 Å². The molecule has 0 unspecified atom stereocenters. The number of carbonyl (C=O) groups is 2. The van der Waals surface area contributed by atoms with Crippen LogP contribution in [0.15, 0.2) is 36.4 Å². The average molecular weight is 382 g/mol. The molecule has 0 heterocycles. The fraction of sp³-hybridized carbons (Fsp3) is 0.222. The van der Waals surface area contributed by atoms with Gasteiger partial charge in [0.1, 0.15) is 5.75 Å². The Morgan fingerprint density at radius 3 is 2.40 bits per heavy atom. The second kappa shape index (κ2) is 8.23. The fourth-order valence-corrected chi connectivity index (χ4v) is 2.64. The molecule has 0 radical (unpaired) electrons. The van der Waals surface area contributed by atoms with Gasteiger partial charge in [0.25, 0.3) is 0 Å². The minimum atomic E-state index is -0.998. The van der Waals surface area contributed by atoms with Crippen molar-refractivity contribution in [3.63, 3.8) is 0 Å². The van der Waals surface area contributed by atoms with Crippen LogP contribution in [0.3, 0.4) is 0 Å². The Hall–Kier alpha value is -2.24. The predicted octanol–water partition coefficient (Wildman–Crippen LogP) is 4.40. The number of nitrogens with two attached hydrogens (primary N) is 1. The maximum Gasteiger partial charge on any atom is 0.341 e. The van der Waals surface area contributed by atoms with Crippen LogP contribution in [0.25, 0.3) is 0 Å². The summed E-state index contributed by atoms with van der Waals surface area (Å²) in [5, 5.41) is 0.390. The molecule has 2 aromatic rings. The maximum absolute atomic E-state index is 12.4. The second-order valence-corrected chi connectivity index (χ2v) is 6.06. The molecule has 0 fully saturated rings. The fourth-order valence-electron chi connectivity index (χ4n) is 2.15. The van der Waals surface area contributed by atoms with Crippen LogP contribution in [-0.2, 0) is 4.74 Å². The van der Waals surface area contributed by atoms with Crippen molar-refractivity contribution < 1.29 is 19.1 Å². The molecule has 2 rings (SSSR count). The molecule has 7 heteroatoms. The first-order chi connectivity index (χ1) is 11.8. The van der Waals surface area contributed by atoms with E-state index in [0.29, 0.717) is 17.9 Å². The normalized spacial score (nSPS) is 11.7. The third-order valence-corrected chi connectivity index (χ3v) is 3.95. The Morgan fingerprint density at radius 1 is 1.16 bits per heavy atom. The van der Waals surface area contributed by atoms with Crippen LogP contribution in [0.1, 0.15) is 34.6 Å². The van der Waals surface area contributed by atoms with E-state index in [2.05, 4.69) is 0 Å². The molecule has 0 saturated carbocycles. The van der Waals surface area contributed by atoms with E-state index in [0.717, 1.165) is 0 Å². The second-order valence-electron chi connectivity index (χ2n) is 5.22. The molecule has 1 atom stereocenters. The molecule has 132 valence electrons. The number of benzene rings is 2. The number of Topliss-reactive ketones (excluding diaryl/α,β-unsaturated/α-hetero) is 1. The highest BCUT2D eigenvalue weighted by Gasteiger charge is 2.22. The molecule has 0 amide bonds. The quantitative estimate of drug-likeness (QED) is 0.455. The van der Waals surface area contributed by atoms with Gasteiger partial charge >= 0.3 is 5.97 Å². The standard InChI is InChI=1S/C18H17Cl2NO4/c1-3-24-13-6-4-11(5-7-13)17(22)10(2)25-18(23)14-8-12(19)9-15(20)16(14)21/h4-10H,3,21H2,1-2H3/t10-/m0/s1. The lowest BCUT2D eigenvalue weighted by molar-refractivity contribution is 0.0320. The summed E-state index contributed by atoms with van der Waals surface area (Å²) in [6.45, 7) is 3.89. The van der Waals surface area contributed by atoms with Gasteiger partial charge in [-0.2, -0.15) is 0 Å². The van der Waals surface area contributed by atoms with Crippen LogP contribution in [0.2, 0.25) is 10.0 Å². The van der Waals surface area contributed by atoms with Crippen LogP contribution in [-0.4, -0.2) is 24.5 Å². The van der Waals surface area contributed by atoms with Gasteiger partial charge in [0.15, 0.2) is 6.10 Å². The number of nitrogen functional groups attached to an aromatic ring is 1. The number of hydrogen-bond acceptors (Lipinski definition) is 5. The molecule has 0 bridgehead atoms. The van der Waals surface area contributed by atoms with E-state index in [-0.39, 0.29) is 27.1 Å². The summed E-state index contributed by atoms with van der Waals surface area (Å²) in [6.07, 6.45) is -0.998. The summed E-state index contributed by atoms with van der Waals surface area (Å²) in [5.41, 5.74) is 6.24. The number of hydrogen-bond donors (Lipinski definition) is 1. The first kappa shape index (κ1) is 19.1. The maximum atomic E-state index is 12.4. The van der Waals surface area contributed by atoms with Crippen molar-refractivity contribution in [1.82, 2.24) is 0 Å². The van der Waals surface area contributed by atoms with Gasteiger partial charge in [-0.15, -0.1) is 0 Å². The van der Waals surface area contributed by atoms with Gasteiger partial charge in [0.05, 0.1) is 22.9 Å². The zero-order valence-electron chi connectivity index (χ0n) is 13.7. The number of anilines is 1. The highest BCUT2D eigenvalue weighted by molar-refractivity contribution is 6.37. The number of ketones is 1. The Bertz CT molecular complexity index is 790. The van der Waals surface area contributed by atoms with Gasteiger partial charge in [-0.3, -0.25) is 4.79 Å². The highest BCUT2D eigenvalue weighted by Crippen LogP contribution is 2.28. The van der Waals surface area contributed by atoms with Gasteiger partial charge in [0.2, 0.25) is 5.78 Å². The molecule has 0 aliphatic heterocycles. The summed E-state index contributed by atoms with van der Waals surface area (Å²) >= 11 is 11.8. The lowest BCUT2D eigenvalue weighted by Crippen LogP contribution is -2.25. The van der Waals surface area contributed by atoms with E-state index >= 15 is 0 Å². The third-order valence-electron chi connectivity index (χ3n) is 3.42.